The number of nitrogens with zero attached hydrogens (tertiary/aromatic N) is 1. The number of aliphatic carboxylic acids is 1. The Morgan fingerprint density at radius 2 is 2.00 bits per heavy atom. The van der Waals surface area contributed by atoms with Gasteiger partial charge in [0.15, 0.2) is 0 Å². The molecule has 4 nitrogen and oxygen atoms in total. The Hall–Kier alpha value is -1.55. The van der Waals surface area contributed by atoms with E-state index >= 15 is 0 Å². The molecule has 1 rings (SSSR count). The fourth-order valence-corrected chi connectivity index (χ4v) is 1.79. The summed E-state index contributed by atoms with van der Waals surface area (Å²) in [7, 11) is 1.65. The van der Waals surface area contributed by atoms with E-state index in [2.05, 4.69) is 11.8 Å². The number of ether oxygens (including phenoxy) is 1. The number of carboxylic acid groups (broad SMARTS) is 1. The number of rotatable bonds is 8. The minimum absolute atomic E-state index is 0.235. The minimum atomic E-state index is -0.726. The molecule has 18 heavy (non-hydrogen) atoms. The molecule has 0 saturated heterocycles. The van der Waals surface area contributed by atoms with Gasteiger partial charge in [0.05, 0.1) is 7.11 Å². The van der Waals surface area contributed by atoms with E-state index in [0.29, 0.717) is 6.42 Å². The SMILES string of the molecule is CCN(CCCC(=O)O)Cc1ccc(OC)cc1. The first kappa shape index (κ1) is 14.5. The maximum Gasteiger partial charge on any atom is 0.303 e. The van der Waals surface area contributed by atoms with Crippen LogP contribution in [0.4, 0.5) is 0 Å². The van der Waals surface area contributed by atoms with Crippen molar-refractivity contribution >= 4 is 5.97 Å². The number of hydrogen-bond donors (Lipinski definition) is 1. The van der Waals surface area contributed by atoms with Crippen LogP contribution in [0.5, 0.6) is 5.75 Å². The maximum atomic E-state index is 10.5. The van der Waals surface area contributed by atoms with Gasteiger partial charge in [0, 0.05) is 13.0 Å². The molecule has 0 radical (unpaired) electrons. The van der Waals surface area contributed by atoms with Gasteiger partial charge in [0.2, 0.25) is 0 Å². The molecular weight excluding hydrogens is 230 g/mol. The number of benzene rings is 1. The quantitative estimate of drug-likeness (QED) is 0.770. The fourth-order valence-electron chi connectivity index (χ4n) is 1.79. The third kappa shape index (κ3) is 5.19. The number of hydrogen-bond acceptors (Lipinski definition) is 3. The van der Waals surface area contributed by atoms with Crippen molar-refractivity contribution in [1.82, 2.24) is 4.90 Å². The van der Waals surface area contributed by atoms with Crippen molar-refractivity contribution in [3.63, 3.8) is 0 Å². The summed E-state index contributed by atoms with van der Waals surface area (Å²) >= 11 is 0. The lowest BCUT2D eigenvalue weighted by molar-refractivity contribution is -0.137. The van der Waals surface area contributed by atoms with Gasteiger partial charge >= 0.3 is 5.97 Å². The molecule has 0 fully saturated rings. The zero-order valence-corrected chi connectivity index (χ0v) is 11.1. The Labute approximate surface area is 108 Å². The highest BCUT2D eigenvalue weighted by atomic mass is 16.5. The first-order chi connectivity index (χ1) is 8.65. The Morgan fingerprint density at radius 1 is 1.33 bits per heavy atom. The first-order valence-corrected chi connectivity index (χ1v) is 6.22. The van der Waals surface area contributed by atoms with E-state index in [0.717, 1.165) is 25.4 Å². The van der Waals surface area contributed by atoms with Gasteiger partial charge in [-0.05, 0) is 37.2 Å². The largest absolute Gasteiger partial charge is 0.497 e. The highest BCUT2D eigenvalue weighted by Gasteiger charge is 2.05. The van der Waals surface area contributed by atoms with Crippen LogP contribution >= 0.6 is 0 Å². The molecule has 100 valence electrons. The van der Waals surface area contributed by atoms with Gasteiger partial charge in [0.1, 0.15) is 5.75 Å². The van der Waals surface area contributed by atoms with Crippen molar-refractivity contribution in [2.24, 2.45) is 0 Å². The van der Waals surface area contributed by atoms with E-state index in [1.807, 2.05) is 24.3 Å². The summed E-state index contributed by atoms with van der Waals surface area (Å²) in [6.45, 7) is 4.67. The Balaban J connectivity index is 2.43. The van der Waals surface area contributed by atoms with Crippen LogP contribution in [0.3, 0.4) is 0 Å². The van der Waals surface area contributed by atoms with E-state index in [-0.39, 0.29) is 6.42 Å². The van der Waals surface area contributed by atoms with E-state index in [1.165, 1.54) is 5.56 Å². The van der Waals surface area contributed by atoms with E-state index in [4.69, 9.17) is 9.84 Å². The molecule has 1 aromatic carbocycles. The van der Waals surface area contributed by atoms with Crippen LogP contribution in [0.15, 0.2) is 24.3 Å². The fraction of sp³-hybridized carbons (Fsp3) is 0.500. The van der Waals surface area contributed by atoms with Gasteiger partial charge in [-0.2, -0.15) is 0 Å². The predicted octanol–water partition coefficient (Wildman–Crippen LogP) is 2.38. The lowest BCUT2D eigenvalue weighted by Crippen LogP contribution is -2.24. The lowest BCUT2D eigenvalue weighted by Gasteiger charge is -2.20. The third-order valence-electron chi connectivity index (χ3n) is 2.88. The highest BCUT2D eigenvalue weighted by molar-refractivity contribution is 5.66. The molecule has 0 atom stereocenters. The Morgan fingerprint density at radius 3 is 2.50 bits per heavy atom. The molecule has 0 saturated carbocycles. The number of carboxylic acids is 1. The molecule has 0 heterocycles. The molecule has 0 aliphatic rings. The standard InChI is InChI=1S/C14H21NO3/c1-3-15(10-4-5-14(16)17)11-12-6-8-13(18-2)9-7-12/h6-9H,3-5,10-11H2,1-2H3,(H,16,17). The van der Waals surface area contributed by atoms with E-state index < -0.39 is 5.97 Å². The molecule has 0 unspecified atom stereocenters. The molecule has 0 aromatic heterocycles. The van der Waals surface area contributed by atoms with Gasteiger partial charge in [-0.15, -0.1) is 0 Å². The minimum Gasteiger partial charge on any atom is -0.497 e. The zero-order chi connectivity index (χ0) is 13.4. The predicted molar refractivity (Wildman–Crippen MR) is 70.8 cm³/mol. The molecule has 4 heteroatoms. The molecule has 0 aliphatic heterocycles. The Kier molecular flexibility index (Phi) is 6.22. The van der Waals surface area contributed by atoms with Gasteiger partial charge in [-0.25, -0.2) is 0 Å². The second-order valence-electron chi connectivity index (χ2n) is 4.21. The molecular formula is C14H21NO3. The van der Waals surface area contributed by atoms with Crippen molar-refractivity contribution in [2.45, 2.75) is 26.3 Å². The molecule has 0 aliphatic carbocycles. The molecule has 0 spiro atoms. The van der Waals surface area contributed by atoms with Gasteiger partial charge in [0.25, 0.3) is 0 Å². The van der Waals surface area contributed by atoms with E-state index in [9.17, 15) is 4.79 Å². The Bertz CT molecular complexity index is 362. The van der Waals surface area contributed by atoms with Gasteiger partial charge in [-0.1, -0.05) is 19.1 Å². The van der Waals surface area contributed by atoms with E-state index in [1.54, 1.807) is 7.11 Å². The van der Waals surface area contributed by atoms with Crippen LogP contribution in [0.1, 0.15) is 25.3 Å². The topological polar surface area (TPSA) is 49.8 Å². The summed E-state index contributed by atoms with van der Waals surface area (Å²) in [6.07, 6.45) is 0.929. The maximum absolute atomic E-state index is 10.5. The molecule has 1 N–H and O–H groups in total. The van der Waals surface area contributed by atoms with Crippen LogP contribution in [-0.2, 0) is 11.3 Å². The average Bonchev–Trinajstić information content (AvgIpc) is 2.38. The number of carbonyl (C=O) groups is 1. The smallest absolute Gasteiger partial charge is 0.303 e. The molecule has 0 amide bonds. The van der Waals surface area contributed by atoms with Crippen LogP contribution in [0, 0.1) is 0 Å². The van der Waals surface area contributed by atoms with Crippen molar-refractivity contribution < 1.29 is 14.6 Å². The van der Waals surface area contributed by atoms with Crippen molar-refractivity contribution in [1.29, 1.82) is 0 Å². The normalized spacial score (nSPS) is 10.6. The lowest BCUT2D eigenvalue weighted by atomic mass is 10.2. The van der Waals surface area contributed by atoms with Crippen LogP contribution in [0.25, 0.3) is 0 Å². The summed E-state index contributed by atoms with van der Waals surface area (Å²) in [6, 6.07) is 7.97. The highest BCUT2D eigenvalue weighted by Crippen LogP contribution is 2.13. The summed E-state index contributed by atoms with van der Waals surface area (Å²) in [5.41, 5.74) is 1.22. The average molecular weight is 251 g/mol. The van der Waals surface area contributed by atoms with Gasteiger partial charge in [-0.3, -0.25) is 9.69 Å². The van der Waals surface area contributed by atoms with Crippen LogP contribution < -0.4 is 4.74 Å². The first-order valence-electron chi connectivity index (χ1n) is 6.22. The summed E-state index contributed by atoms with van der Waals surface area (Å²) in [4.78, 5) is 12.7. The van der Waals surface area contributed by atoms with Crippen molar-refractivity contribution in [2.75, 3.05) is 20.2 Å². The summed E-state index contributed by atoms with van der Waals surface area (Å²) in [5, 5.41) is 8.61. The van der Waals surface area contributed by atoms with Crippen molar-refractivity contribution in [3.05, 3.63) is 29.8 Å². The summed E-state index contributed by atoms with van der Waals surface area (Å²) in [5.74, 6) is 0.128. The number of methoxy groups -OCH3 is 1. The third-order valence-corrected chi connectivity index (χ3v) is 2.88. The van der Waals surface area contributed by atoms with Crippen LogP contribution in [0.2, 0.25) is 0 Å². The zero-order valence-electron chi connectivity index (χ0n) is 11.1. The van der Waals surface area contributed by atoms with Crippen LogP contribution in [-0.4, -0.2) is 36.2 Å². The molecule has 1 aromatic rings. The molecule has 0 bridgehead atoms. The second kappa shape index (κ2) is 7.71. The second-order valence-corrected chi connectivity index (χ2v) is 4.21. The summed E-state index contributed by atoms with van der Waals surface area (Å²) < 4.78 is 5.11. The van der Waals surface area contributed by atoms with Crippen molar-refractivity contribution in [3.8, 4) is 5.75 Å². The van der Waals surface area contributed by atoms with Gasteiger partial charge < -0.3 is 9.84 Å². The monoisotopic (exact) mass is 251 g/mol.